The van der Waals surface area contributed by atoms with Gasteiger partial charge in [-0.1, -0.05) is 78.9 Å². The summed E-state index contributed by atoms with van der Waals surface area (Å²) in [6.07, 6.45) is 16.1. The van der Waals surface area contributed by atoms with Crippen LogP contribution in [-0.2, 0) is 0 Å². The SMILES string of the molecule is C1=CC(/C=C/C=C/c2ccc3ccccc3c2)=CC1. The van der Waals surface area contributed by atoms with Crippen LogP contribution in [-0.4, -0.2) is 0 Å². The lowest BCUT2D eigenvalue weighted by atomic mass is 10.1. The van der Waals surface area contributed by atoms with Crippen LogP contribution in [0.4, 0.5) is 0 Å². The van der Waals surface area contributed by atoms with Crippen molar-refractivity contribution in [3.63, 3.8) is 0 Å². The summed E-state index contributed by atoms with van der Waals surface area (Å²) in [5.41, 5.74) is 2.53. The molecule has 0 bridgehead atoms. The highest BCUT2D eigenvalue weighted by Crippen LogP contribution is 2.16. The monoisotopic (exact) mass is 244 g/mol. The summed E-state index contributed by atoms with van der Waals surface area (Å²) in [6.45, 7) is 0. The van der Waals surface area contributed by atoms with E-state index in [-0.39, 0.29) is 0 Å². The Kier molecular flexibility index (Phi) is 3.42. The van der Waals surface area contributed by atoms with E-state index in [1.54, 1.807) is 0 Å². The maximum Gasteiger partial charge on any atom is -0.0157 e. The molecule has 0 heterocycles. The standard InChI is InChI=1S/C19H16/c1-2-8-16(7-1)9-3-4-10-17-13-14-18-11-5-6-12-19(18)15-17/h1,3-15H,2H2/b9-3+,10-4+. The predicted octanol–water partition coefficient (Wildman–Crippen LogP) is 5.30. The van der Waals surface area contributed by atoms with E-state index < -0.39 is 0 Å². The largest absolute Gasteiger partial charge is 0.0801 e. The number of rotatable bonds is 3. The smallest absolute Gasteiger partial charge is 0.0157 e. The minimum absolute atomic E-state index is 1.06. The van der Waals surface area contributed by atoms with Gasteiger partial charge >= 0.3 is 0 Å². The molecule has 0 fully saturated rings. The first kappa shape index (κ1) is 11.7. The van der Waals surface area contributed by atoms with E-state index in [0.29, 0.717) is 0 Å². The molecule has 0 N–H and O–H groups in total. The van der Waals surface area contributed by atoms with Crippen LogP contribution in [0.1, 0.15) is 12.0 Å². The number of allylic oxidation sites excluding steroid dienone is 7. The zero-order valence-corrected chi connectivity index (χ0v) is 10.8. The molecule has 0 spiro atoms. The fraction of sp³-hybridized carbons (Fsp3) is 0.0526. The molecular formula is C19H16. The first-order chi connectivity index (χ1) is 9.42. The van der Waals surface area contributed by atoms with Gasteiger partial charge < -0.3 is 0 Å². The molecule has 0 saturated heterocycles. The lowest BCUT2D eigenvalue weighted by molar-refractivity contribution is 1.44. The molecule has 0 nitrogen and oxygen atoms in total. The molecule has 92 valence electrons. The number of benzene rings is 2. The molecule has 0 atom stereocenters. The number of fused-ring (bicyclic) bond motifs is 1. The fourth-order valence-electron chi connectivity index (χ4n) is 2.24. The Morgan fingerprint density at radius 1 is 0.842 bits per heavy atom. The van der Waals surface area contributed by atoms with Crippen LogP contribution in [0.15, 0.2) is 84.5 Å². The molecule has 0 unspecified atom stereocenters. The Morgan fingerprint density at radius 2 is 1.68 bits per heavy atom. The van der Waals surface area contributed by atoms with Gasteiger partial charge in [0.15, 0.2) is 0 Å². The molecule has 0 amide bonds. The Labute approximate surface area is 114 Å². The molecule has 1 aliphatic carbocycles. The maximum atomic E-state index is 2.22. The quantitative estimate of drug-likeness (QED) is 0.643. The van der Waals surface area contributed by atoms with Crippen molar-refractivity contribution in [1.29, 1.82) is 0 Å². The van der Waals surface area contributed by atoms with E-state index in [2.05, 4.69) is 85.0 Å². The summed E-state index contributed by atoms with van der Waals surface area (Å²) in [7, 11) is 0. The Hall–Kier alpha value is -2.34. The van der Waals surface area contributed by atoms with E-state index in [1.165, 1.54) is 21.9 Å². The van der Waals surface area contributed by atoms with Crippen LogP contribution in [0.2, 0.25) is 0 Å². The average molecular weight is 244 g/mol. The van der Waals surface area contributed by atoms with Crippen LogP contribution < -0.4 is 0 Å². The highest BCUT2D eigenvalue weighted by Gasteiger charge is 1.92. The third-order valence-electron chi connectivity index (χ3n) is 3.26. The van der Waals surface area contributed by atoms with Crippen molar-refractivity contribution in [1.82, 2.24) is 0 Å². The van der Waals surface area contributed by atoms with Crippen molar-refractivity contribution in [3.05, 3.63) is 90.1 Å². The zero-order chi connectivity index (χ0) is 12.9. The summed E-state index contributed by atoms with van der Waals surface area (Å²) in [6, 6.07) is 15.0. The second-order valence-corrected chi connectivity index (χ2v) is 4.67. The Morgan fingerprint density at radius 3 is 2.53 bits per heavy atom. The molecule has 19 heavy (non-hydrogen) atoms. The molecular weight excluding hydrogens is 228 g/mol. The van der Waals surface area contributed by atoms with Crippen LogP contribution in [0.5, 0.6) is 0 Å². The van der Waals surface area contributed by atoms with Crippen molar-refractivity contribution in [3.8, 4) is 0 Å². The van der Waals surface area contributed by atoms with Gasteiger partial charge in [-0.2, -0.15) is 0 Å². The summed E-state index contributed by atoms with van der Waals surface area (Å²) < 4.78 is 0. The molecule has 2 aromatic carbocycles. The van der Waals surface area contributed by atoms with Crippen molar-refractivity contribution < 1.29 is 0 Å². The molecule has 0 aromatic heterocycles. The van der Waals surface area contributed by atoms with E-state index in [9.17, 15) is 0 Å². The first-order valence-electron chi connectivity index (χ1n) is 6.62. The van der Waals surface area contributed by atoms with Gasteiger partial charge in [-0.05, 0) is 34.4 Å². The van der Waals surface area contributed by atoms with Gasteiger partial charge in [-0.25, -0.2) is 0 Å². The van der Waals surface area contributed by atoms with Crippen molar-refractivity contribution >= 4 is 16.8 Å². The van der Waals surface area contributed by atoms with Gasteiger partial charge in [0.05, 0.1) is 0 Å². The minimum Gasteiger partial charge on any atom is -0.0801 e. The molecule has 0 heteroatoms. The van der Waals surface area contributed by atoms with Crippen molar-refractivity contribution in [2.24, 2.45) is 0 Å². The highest BCUT2D eigenvalue weighted by molar-refractivity contribution is 5.84. The van der Waals surface area contributed by atoms with Gasteiger partial charge in [0.1, 0.15) is 0 Å². The number of hydrogen-bond acceptors (Lipinski definition) is 0. The topological polar surface area (TPSA) is 0 Å². The van der Waals surface area contributed by atoms with Crippen LogP contribution >= 0.6 is 0 Å². The van der Waals surface area contributed by atoms with Crippen LogP contribution in [0, 0.1) is 0 Å². The van der Waals surface area contributed by atoms with E-state index in [1.807, 2.05) is 0 Å². The molecule has 2 aromatic rings. The van der Waals surface area contributed by atoms with Gasteiger partial charge in [0.25, 0.3) is 0 Å². The lowest BCUT2D eigenvalue weighted by Gasteiger charge is -1.98. The van der Waals surface area contributed by atoms with Gasteiger partial charge in [-0.15, -0.1) is 0 Å². The highest BCUT2D eigenvalue weighted by atomic mass is 14.0. The molecule has 3 rings (SSSR count). The molecule has 0 aliphatic heterocycles. The summed E-state index contributed by atoms with van der Waals surface area (Å²) in [4.78, 5) is 0. The van der Waals surface area contributed by atoms with Crippen LogP contribution in [0.3, 0.4) is 0 Å². The van der Waals surface area contributed by atoms with Crippen molar-refractivity contribution in [2.45, 2.75) is 6.42 Å². The fourth-order valence-corrected chi connectivity index (χ4v) is 2.24. The van der Waals surface area contributed by atoms with Crippen LogP contribution in [0.25, 0.3) is 16.8 Å². The molecule has 0 saturated carbocycles. The average Bonchev–Trinajstić information content (AvgIpc) is 2.97. The van der Waals surface area contributed by atoms with E-state index in [0.717, 1.165) is 6.42 Å². The summed E-state index contributed by atoms with van der Waals surface area (Å²) in [5, 5.41) is 2.58. The van der Waals surface area contributed by atoms with Gasteiger partial charge in [0.2, 0.25) is 0 Å². The normalized spacial score (nSPS) is 14.8. The number of hydrogen-bond donors (Lipinski definition) is 0. The van der Waals surface area contributed by atoms with Gasteiger partial charge in [-0.3, -0.25) is 0 Å². The molecule has 1 aliphatic rings. The van der Waals surface area contributed by atoms with E-state index >= 15 is 0 Å². The maximum absolute atomic E-state index is 2.22. The second kappa shape index (κ2) is 5.53. The zero-order valence-electron chi connectivity index (χ0n) is 10.8. The van der Waals surface area contributed by atoms with Gasteiger partial charge in [0, 0.05) is 0 Å². The predicted molar refractivity (Wildman–Crippen MR) is 84.0 cm³/mol. The molecule has 0 radical (unpaired) electrons. The summed E-state index contributed by atoms with van der Waals surface area (Å²) in [5.74, 6) is 0. The first-order valence-corrected chi connectivity index (χ1v) is 6.62. The lowest BCUT2D eigenvalue weighted by Crippen LogP contribution is -1.74. The Balaban J connectivity index is 1.75. The second-order valence-electron chi connectivity index (χ2n) is 4.67. The van der Waals surface area contributed by atoms with Crippen molar-refractivity contribution in [2.75, 3.05) is 0 Å². The summed E-state index contributed by atoms with van der Waals surface area (Å²) >= 11 is 0. The third-order valence-corrected chi connectivity index (χ3v) is 3.26. The minimum atomic E-state index is 1.06. The third kappa shape index (κ3) is 2.92. The van der Waals surface area contributed by atoms with E-state index in [4.69, 9.17) is 0 Å². The Bertz CT molecular complexity index is 697.